The summed E-state index contributed by atoms with van der Waals surface area (Å²) in [7, 11) is 2.28. The molecule has 1 atom stereocenters. The van der Waals surface area contributed by atoms with Gasteiger partial charge in [-0.2, -0.15) is 0 Å². The summed E-state index contributed by atoms with van der Waals surface area (Å²) < 4.78 is 0. The Kier molecular flexibility index (Phi) is 5.49. The third-order valence-corrected chi connectivity index (χ3v) is 3.22. The Morgan fingerprint density at radius 1 is 1.43 bits per heavy atom. The van der Waals surface area contributed by atoms with Crippen molar-refractivity contribution in [1.82, 2.24) is 10.2 Å². The van der Waals surface area contributed by atoms with Crippen molar-refractivity contribution in [2.45, 2.75) is 45.6 Å². The molecule has 0 aliphatic heterocycles. The topological polar surface area (TPSA) is 15.3 Å². The van der Waals surface area contributed by atoms with Crippen molar-refractivity contribution >= 4 is 0 Å². The highest BCUT2D eigenvalue weighted by Gasteiger charge is 2.22. The first-order chi connectivity index (χ1) is 6.74. The molecule has 0 bridgehead atoms. The monoisotopic (exact) mass is 198 g/mol. The quantitative estimate of drug-likeness (QED) is 0.630. The summed E-state index contributed by atoms with van der Waals surface area (Å²) >= 11 is 0. The van der Waals surface area contributed by atoms with Crippen molar-refractivity contribution in [2.24, 2.45) is 5.92 Å². The van der Waals surface area contributed by atoms with Crippen LogP contribution in [0, 0.1) is 5.92 Å². The Hall–Kier alpha value is -0.0800. The minimum atomic E-state index is 0.784. The van der Waals surface area contributed by atoms with Gasteiger partial charge in [0.25, 0.3) is 0 Å². The van der Waals surface area contributed by atoms with Gasteiger partial charge < -0.3 is 10.2 Å². The van der Waals surface area contributed by atoms with Gasteiger partial charge in [0.05, 0.1) is 0 Å². The van der Waals surface area contributed by atoms with Crippen LogP contribution < -0.4 is 5.32 Å². The van der Waals surface area contributed by atoms with E-state index in [1.807, 2.05) is 0 Å². The lowest BCUT2D eigenvalue weighted by molar-refractivity contribution is 0.141. The minimum Gasteiger partial charge on any atom is -0.316 e. The van der Waals surface area contributed by atoms with Crippen LogP contribution >= 0.6 is 0 Å². The van der Waals surface area contributed by atoms with E-state index < -0.39 is 0 Å². The highest BCUT2D eigenvalue weighted by Crippen LogP contribution is 2.23. The zero-order valence-corrected chi connectivity index (χ0v) is 10.1. The molecule has 1 aliphatic carbocycles. The molecule has 2 nitrogen and oxygen atoms in total. The predicted molar refractivity (Wildman–Crippen MR) is 62.6 cm³/mol. The van der Waals surface area contributed by atoms with Gasteiger partial charge in [0.15, 0.2) is 0 Å². The van der Waals surface area contributed by atoms with Crippen LogP contribution in [0.4, 0.5) is 0 Å². The Bertz CT molecular complexity index is 143. The number of nitrogens with zero attached hydrogens (tertiary/aromatic N) is 1. The van der Waals surface area contributed by atoms with Crippen molar-refractivity contribution < 1.29 is 0 Å². The summed E-state index contributed by atoms with van der Waals surface area (Å²) in [6.45, 7) is 8.15. The standard InChI is InChI=1S/C12H26N2/c1-4-8-13-9-11(2)10-14(3)12-6-5-7-12/h11-13H,4-10H2,1-3H3. The van der Waals surface area contributed by atoms with E-state index in [2.05, 4.69) is 31.1 Å². The molecule has 0 saturated heterocycles. The second-order valence-corrected chi connectivity index (χ2v) is 4.83. The molecule has 0 amide bonds. The number of nitrogens with one attached hydrogen (secondary N) is 1. The minimum absolute atomic E-state index is 0.784. The Morgan fingerprint density at radius 3 is 2.64 bits per heavy atom. The van der Waals surface area contributed by atoms with Crippen LogP contribution in [0.1, 0.15) is 39.5 Å². The fraction of sp³-hybridized carbons (Fsp3) is 1.00. The van der Waals surface area contributed by atoms with Crippen molar-refractivity contribution in [1.29, 1.82) is 0 Å². The molecule has 0 aromatic heterocycles. The fourth-order valence-corrected chi connectivity index (χ4v) is 2.06. The first-order valence-electron chi connectivity index (χ1n) is 6.15. The summed E-state index contributed by atoms with van der Waals surface area (Å²) in [5.74, 6) is 0.784. The van der Waals surface area contributed by atoms with Crippen LogP contribution in [0.5, 0.6) is 0 Å². The molecule has 0 heterocycles. The SMILES string of the molecule is CCCNCC(C)CN(C)C1CCC1. The lowest BCUT2D eigenvalue weighted by atomic mass is 9.91. The largest absolute Gasteiger partial charge is 0.316 e. The summed E-state index contributed by atoms with van der Waals surface area (Å²) in [5, 5.41) is 3.49. The summed E-state index contributed by atoms with van der Waals surface area (Å²) in [4.78, 5) is 2.54. The van der Waals surface area contributed by atoms with E-state index in [0.29, 0.717) is 0 Å². The van der Waals surface area contributed by atoms with Crippen molar-refractivity contribution in [3.8, 4) is 0 Å². The van der Waals surface area contributed by atoms with E-state index in [-0.39, 0.29) is 0 Å². The second-order valence-electron chi connectivity index (χ2n) is 4.83. The molecule has 0 spiro atoms. The van der Waals surface area contributed by atoms with Gasteiger partial charge in [-0.05, 0) is 45.3 Å². The highest BCUT2D eigenvalue weighted by molar-refractivity contribution is 4.78. The molecule has 0 aromatic rings. The van der Waals surface area contributed by atoms with Crippen LogP contribution in [0.25, 0.3) is 0 Å². The molecule has 14 heavy (non-hydrogen) atoms. The zero-order valence-electron chi connectivity index (χ0n) is 10.1. The molecule has 1 fully saturated rings. The number of rotatable bonds is 7. The maximum Gasteiger partial charge on any atom is 0.00923 e. The Morgan fingerprint density at radius 2 is 2.14 bits per heavy atom. The lowest BCUT2D eigenvalue weighted by Crippen LogP contribution is -2.41. The van der Waals surface area contributed by atoms with Crippen molar-refractivity contribution in [3.05, 3.63) is 0 Å². The normalized spacial score (nSPS) is 19.7. The lowest BCUT2D eigenvalue weighted by Gasteiger charge is -2.36. The molecule has 84 valence electrons. The summed E-state index contributed by atoms with van der Waals surface area (Å²) in [6, 6.07) is 0.892. The van der Waals surface area contributed by atoms with Crippen LogP contribution in [0.15, 0.2) is 0 Å². The molecule has 1 rings (SSSR count). The Labute approximate surface area is 89.1 Å². The van der Waals surface area contributed by atoms with E-state index in [0.717, 1.165) is 18.5 Å². The van der Waals surface area contributed by atoms with E-state index in [1.54, 1.807) is 0 Å². The third kappa shape index (κ3) is 3.97. The molecule has 1 unspecified atom stereocenters. The summed E-state index contributed by atoms with van der Waals surface area (Å²) in [5.41, 5.74) is 0. The third-order valence-electron chi connectivity index (χ3n) is 3.22. The predicted octanol–water partition coefficient (Wildman–Crippen LogP) is 2.11. The van der Waals surface area contributed by atoms with Crippen molar-refractivity contribution in [2.75, 3.05) is 26.7 Å². The van der Waals surface area contributed by atoms with Gasteiger partial charge in [-0.25, -0.2) is 0 Å². The number of hydrogen-bond acceptors (Lipinski definition) is 2. The van der Waals surface area contributed by atoms with Gasteiger partial charge >= 0.3 is 0 Å². The molecule has 2 heteroatoms. The maximum absolute atomic E-state index is 3.49. The molecule has 1 aliphatic rings. The van der Waals surface area contributed by atoms with Gasteiger partial charge in [-0.15, -0.1) is 0 Å². The molecule has 0 radical (unpaired) electrons. The maximum atomic E-state index is 3.49. The first kappa shape index (κ1) is 12.0. The molecule has 1 saturated carbocycles. The molecule has 0 aromatic carbocycles. The van der Waals surface area contributed by atoms with Crippen LogP contribution in [-0.4, -0.2) is 37.6 Å². The average Bonchev–Trinajstić information content (AvgIpc) is 2.00. The van der Waals surface area contributed by atoms with E-state index >= 15 is 0 Å². The Balaban J connectivity index is 2.03. The first-order valence-corrected chi connectivity index (χ1v) is 6.15. The van der Waals surface area contributed by atoms with Crippen LogP contribution in [0.3, 0.4) is 0 Å². The second kappa shape index (κ2) is 6.41. The van der Waals surface area contributed by atoms with Gasteiger partial charge in [0, 0.05) is 12.6 Å². The van der Waals surface area contributed by atoms with Gasteiger partial charge in [-0.3, -0.25) is 0 Å². The fourth-order valence-electron chi connectivity index (χ4n) is 2.06. The molecular formula is C12H26N2. The number of hydrogen-bond donors (Lipinski definition) is 1. The van der Waals surface area contributed by atoms with Gasteiger partial charge in [0.2, 0.25) is 0 Å². The smallest absolute Gasteiger partial charge is 0.00923 e. The van der Waals surface area contributed by atoms with Gasteiger partial charge in [0.1, 0.15) is 0 Å². The zero-order chi connectivity index (χ0) is 10.4. The molecule has 1 N–H and O–H groups in total. The van der Waals surface area contributed by atoms with E-state index in [1.165, 1.54) is 38.8 Å². The van der Waals surface area contributed by atoms with E-state index in [9.17, 15) is 0 Å². The van der Waals surface area contributed by atoms with Gasteiger partial charge in [-0.1, -0.05) is 20.3 Å². The molecular weight excluding hydrogens is 172 g/mol. The average molecular weight is 198 g/mol. The van der Waals surface area contributed by atoms with Crippen LogP contribution in [0.2, 0.25) is 0 Å². The van der Waals surface area contributed by atoms with E-state index in [4.69, 9.17) is 0 Å². The summed E-state index contributed by atoms with van der Waals surface area (Å²) in [6.07, 6.45) is 5.53. The van der Waals surface area contributed by atoms with Crippen molar-refractivity contribution in [3.63, 3.8) is 0 Å². The van der Waals surface area contributed by atoms with Crippen LogP contribution in [-0.2, 0) is 0 Å². The highest BCUT2D eigenvalue weighted by atomic mass is 15.1.